The second-order valence-electron chi connectivity index (χ2n) is 7.09. The van der Waals surface area contributed by atoms with Crippen molar-refractivity contribution >= 4 is 32.5 Å². The van der Waals surface area contributed by atoms with Crippen LogP contribution < -0.4 is 13.8 Å². The summed E-state index contributed by atoms with van der Waals surface area (Å²) in [5.74, 6) is 0.411. The molecule has 4 aromatic rings. The van der Waals surface area contributed by atoms with Gasteiger partial charge in [0.1, 0.15) is 11.5 Å². The first-order chi connectivity index (χ1) is 15.4. The van der Waals surface area contributed by atoms with Crippen molar-refractivity contribution in [2.45, 2.75) is 4.90 Å². The van der Waals surface area contributed by atoms with E-state index in [0.717, 1.165) is 10.8 Å². The van der Waals surface area contributed by atoms with Crippen LogP contribution in [0.3, 0.4) is 0 Å². The molecule has 0 radical (unpaired) electrons. The minimum atomic E-state index is -3.75. The predicted octanol–water partition coefficient (Wildman–Crippen LogP) is 4.89. The van der Waals surface area contributed by atoms with Crippen LogP contribution in [0.5, 0.6) is 11.5 Å². The van der Waals surface area contributed by atoms with E-state index in [9.17, 15) is 13.2 Å². The van der Waals surface area contributed by atoms with Crippen LogP contribution >= 0.6 is 0 Å². The van der Waals surface area contributed by atoms with Crippen LogP contribution in [-0.4, -0.2) is 28.5 Å². The van der Waals surface area contributed by atoms with Crippen molar-refractivity contribution < 1.29 is 22.7 Å². The lowest BCUT2D eigenvalue weighted by atomic mass is 10.1. The van der Waals surface area contributed by atoms with Gasteiger partial charge in [-0.3, -0.25) is 4.31 Å². The zero-order valence-electron chi connectivity index (χ0n) is 17.6. The summed E-state index contributed by atoms with van der Waals surface area (Å²) >= 11 is 0. The first kappa shape index (κ1) is 21.4. The molecule has 0 saturated heterocycles. The number of benzene rings is 4. The maximum atomic E-state index is 12.9. The molecule has 162 valence electrons. The van der Waals surface area contributed by atoms with Crippen molar-refractivity contribution in [2.24, 2.45) is 0 Å². The number of carbonyl (C=O) groups excluding carboxylic acids is 1. The molecule has 0 bridgehead atoms. The van der Waals surface area contributed by atoms with Crippen molar-refractivity contribution in [1.29, 1.82) is 0 Å². The molecule has 0 unspecified atom stereocenters. The van der Waals surface area contributed by atoms with Gasteiger partial charge in [-0.2, -0.15) is 0 Å². The van der Waals surface area contributed by atoms with E-state index in [4.69, 9.17) is 9.47 Å². The molecule has 0 fully saturated rings. The summed E-state index contributed by atoms with van der Waals surface area (Å²) < 4.78 is 37.5. The average molecular weight is 448 g/mol. The third-order valence-corrected chi connectivity index (χ3v) is 6.91. The molecule has 4 aromatic carbocycles. The molecular formula is C25H21NO5S. The Morgan fingerprint density at radius 1 is 0.781 bits per heavy atom. The van der Waals surface area contributed by atoms with Crippen molar-refractivity contribution in [3.63, 3.8) is 0 Å². The van der Waals surface area contributed by atoms with Crippen LogP contribution in [0.2, 0.25) is 0 Å². The fourth-order valence-corrected chi connectivity index (χ4v) is 4.45. The van der Waals surface area contributed by atoms with Gasteiger partial charge in [0.05, 0.1) is 23.3 Å². The minimum Gasteiger partial charge on any atom is -0.497 e. The van der Waals surface area contributed by atoms with Gasteiger partial charge in [0.2, 0.25) is 0 Å². The summed E-state index contributed by atoms with van der Waals surface area (Å²) in [6, 6.07) is 25.6. The third-order valence-electron chi connectivity index (χ3n) is 5.11. The largest absolute Gasteiger partial charge is 0.497 e. The van der Waals surface area contributed by atoms with Gasteiger partial charge in [0, 0.05) is 7.05 Å². The summed E-state index contributed by atoms with van der Waals surface area (Å²) in [6.45, 7) is 0. The molecule has 7 heteroatoms. The Morgan fingerprint density at radius 3 is 2.06 bits per heavy atom. The Kier molecular flexibility index (Phi) is 5.83. The number of methoxy groups -OCH3 is 1. The number of esters is 1. The first-order valence-electron chi connectivity index (χ1n) is 9.82. The Bertz CT molecular complexity index is 1360. The number of carbonyl (C=O) groups is 1. The quantitative estimate of drug-likeness (QED) is 0.311. The zero-order valence-corrected chi connectivity index (χ0v) is 18.4. The highest BCUT2D eigenvalue weighted by Gasteiger charge is 2.21. The van der Waals surface area contributed by atoms with E-state index in [1.807, 2.05) is 30.3 Å². The summed E-state index contributed by atoms with van der Waals surface area (Å²) in [4.78, 5) is 12.7. The molecule has 0 amide bonds. The number of anilines is 1. The number of nitrogens with zero attached hydrogens (tertiary/aromatic N) is 1. The number of rotatable bonds is 6. The normalized spacial score (nSPS) is 11.2. The lowest BCUT2D eigenvalue weighted by Crippen LogP contribution is -2.26. The van der Waals surface area contributed by atoms with Gasteiger partial charge >= 0.3 is 5.97 Å². The van der Waals surface area contributed by atoms with E-state index in [0.29, 0.717) is 22.7 Å². The highest BCUT2D eigenvalue weighted by molar-refractivity contribution is 7.92. The average Bonchev–Trinajstić information content (AvgIpc) is 2.83. The molecule has 0 aliphatic carbocycles. The number of ether oxygens (including phenoxy) is 2. The second-order valence-corrected chi connectivity index (χ2v) is 9.06. The van der Waals surface area contributed by atoms with Crippen LogP contribution in [0.4, 0.5) is 5.69 Å². The van der Waals surface area contributed by atoms with E-state index in [-0.39, 0.29) is 4.90 Å². The Morgan fingerprint density at radius 2 is 1.41 bits per heavy atom. The summed E-state index contributed by atoms with van der Waals surface area (Å²) in [5.41, 5.74) is 0.873. The smallest absolute Gasteiger partial charge is 0.343 e. The van der Waals surface area contributed by atoms with Gasteiger partial charge in [-0.25, -0.2) is 13.2 Å². The van der Waals surface area contributed by atoms with Crippen LogP contribution in [0, 0.1) is 0 Å². The van der Waals surface area contributed by atoms with Crippen molar-refractivity contribution in [3.8, 4) is 11.5 Å². The SMILES string of the molecule is COc1ccc(S(=O)(=O)N(C)c2ccc(OC(=O)c3ccc4ccccc4c3)cc2)cc1. The van der Waals surface area contributed by atoms with Crippen molar-refractivity contribution in [3.05, 3.63) is 96.6 Å². The number of hydrogen-bond donors (Lipinski definition) is 0. The summed E-state index contributed by atoms with van der Waals surface area (Å²) in [5, 5.41) is 1.98. The molecule has 0 aromatic heterocycles. The monoisotopic (exact) mass is 447 g/mol. The van der Waals surface area contributed by atoms with Crippen LogP contribution in [0.25, 0.3) is 10.8 Å². The minimum absolute atomic E-state index is 0.146. The maximum Gasteiger partial charge on any atom is 0.343 e. The van der Waals surface area contributed by atoms with Crippen LogP contribution in [0.15, 0.2) is 95.9 Å². The van der Waals surface area contributed by atoms with Gasteiger partial charge in [0.15, 0.2) is 0 Å². The summed E-state index contributed by atoms with van der Waals surface area (Å²) in [6.07, 6.45) is 0. The molecule has 6 nitrogen and oxygen atoms in total. The molecular weight excluding hydrogens is 426 g/mol. The molecule has 0 saturated carbocycles. The van der Waals surface area contributed by atoms with Gasteiger partial charge < -0.3 is 9.47 Å². The van der Waals surface area contributed by atoms with Gasteiger partial charge in [-0.1, -0.05) is 30.3 Å². The Balaban J connectivity index is 1.49. The van der Waals surface area contributed by atoms with Crippen LogP contribution in [-0.2, 0) is 10.0 Å². The van der Waals surface area contributed by atoms with Gasteiger partial charge in [-0.15, -0.1) is 0 Å². The summed E-state index contributed by atoms with van der Waals surface area (Å²) in [7, 11) is -0.761. The molecule has 0 atom stereocenters. The standard InChI is InChI=1S/C25H21NO5S/c1-26(32(28,29)24-15-13-22(30-2)14-16-24)21-9-11-23(12-10-21)31-25(27)20-8-7-18-5-3-4-6-19(18)17-20/h3-17H,1-2H3. The van der Waals surface area contributed by atoms with Crippen LogP contribution in [0.1, 0.15) is 10.4 Å². The number of sulfonamides is 1. The molecule has 0 N–H and O–H groups in total. The van der Waals surface area contributed by atoms with E-state index >= 15 is 0 Å². The molecule has 0 aliphatic heterocycles. The van der Waals surface area contributed by atoms with E-state index < -0.39 is 16.0 Å². The molecule has 0 aliphatic rings. The lowest BCUT2D eigenvalue weighted by molar-refractivity contribution is 0.0735. The first-order valence-corrected chi connectivity index (χ1v) is 11.3. The zero-order chi connectivity index (χ0) is 22.7. The fraction of sp³-hybridized carbons (Fsp3) is 0.0800. The molecule has 0 spiro atoms. The number of hydrogen-bond acceptors (Lipinski definition) is 5. The number of fused-ring (bicyclic) bond motifs is 1. The van der Waals surface area contributed by atoms with E-state index in [1.165, 1.54) is 30.6 Å². The maximum absolute atomic E-state index is 12.9. The topological polar surface area (TPSA) is 72.9 Å². The van der Waals surface area contributed by atoms with Crippen molar-refractivity contribution in [2.75, 3.05) is 18.5 Å². The Labute approximate surface area is 186 Å². The lowest BCUT2D eigenvalue weighted by Gasteiger charge is -2.20. The molecule has 32 heavy (non-hydrogen) atoms. The highest BCUT2D eigenvalue weighted by Crippen LogP contribution is 2.26. The van der Waals surface area contributed by atoms with Gasteiger partial charge in [0.25, 0.3) is 10.0 Å². The third kappa shape index (κ3) is 4.29. The van der Waals surface area contributed by atoms with E-state index in [1.54, 1.807) is 48.5 Å². The Hall–Kier alpha value is -3.84. The highest BCUT2D eigenvalue weighted by atomic mass is 32.2. The van der Waals surface area contributed by atoms with E-state index in [2.05, 4.69) is 0 Å². The fourth-order valence-electron chi connectivity index (χ4n) is 3.25. The molecule has 4 rings (SSSR count). The van der Waals surface area contributed by atoms with Gasteiger partial charge in [-0.05, 0) is 71.4 Å². The second kappa shape index (κ2) is 8.72. The van der Waals surface area contributed by atoms with Crippen molar-refractivity contribution in [1.82, 2.24) is 0 Å². The predicted molar refractivity (Wildman–Crippen MR) is 124 cm³/mol. The molecule has 0 heterocycles.